The van der Waals surface area contributed by atoms with Gasteiger partial charge in [-0.15, -0.1) is 0 Å². The average Bonchev–Trinajstić information content (AvgIpc) is 2.30. The minimum Gasteiger partial charge on any atom is -0.306 e. The number of hydrogen-bond acceptors (Lipinski definition) is 1. The molecule has 0 radical (unpaired) electrons. The summed E-state index contributed by atoms with van der Waals surface area (Å²) in [5.74, 6) is 0.937. The van der Waals surface area contributed by atoms with Gasteiger partial charge in [0.2, 0.25) is 0 Å². The SMILES string of the molecule is CCC1(C)CCCC(C)(C2CCCCC2)N1. The fourth-order valence-electron chi connectivity index (χ4n) is 3.97. The second-order valence-electron chi connectivity index (χ2n) is 6.65. The Morgan fingerprint density at radius 3 is 2.31 bits per heavy atom. The molecule has 16 heavy (non-hydrogen) atoms. The van der Waals surface area contributed by atoms with Crippen LogP contribution < -0.4 is 5.32 Å². The molecule has 2 fully saturated rings. The van der Waals surface area contributed by atoms with Gasteiger partial charge in [-0.25, -0.2) is 0 Å². The number of hydrogen-bond donors (Lipinski definition) is 1. The van der Waals surface area contributed by atoms with Crippen LogP contribution in [0.4, 0.5) is 0 Å². The molecule has 1 heterocycles. The summed E-state index contributed by atoms with van der Waals surface area (Å²) < 4.78 is 0. The van der Waals surface area contributed by atoms with E-state index in [1.165, 1.54) is 57.8 Å². The first kappa shape index (κ1) is 12.4. The van der Waals surface area contributed by atoms with Gasteiger partial charge >= 0.3 is 0 Å². The highest BCUT2D eigenvalue weighted by atomic mass is 15.1. The fraction of sp³-hybridized carbons (Fsp3) is 1.00. The molecular formula is C15H29N. The second-order valence-corrected chi connectivity index (χ2v) is 6.65. The lowest BCUT2D eigenvalue weighted by atomic mass is 9.68. The predicted molar refractivity (Wildman–Crippen MR) is 70.7 cm³/mol. The van der Waals surface area contributed by atoms with Gasteiger partial charge in [-0.3, -0.25) is 0 Å². The van der Waals surface area contributed by atoms with E-state index in [4.69, 9.17) is 0 Å². The molecule has 94 valence electrons. The lowest BCUT2D eigenvalue weighted by Crippen LogP contribution is -2.61. The van der Waals surface area contributed by atoms with Crippen molar-refractivity contribution in [3.8, 4) is 0 Å². The molecular weight excluding hydrogens is 194 g/mol. The van der Waals surface area contributed by atoms with E-state index >= 15 is 0 Å². The molecule has 1 saturated carbocycles. The van der Waals surface area contributed by atoms with Crippen LogP contribution in [0.2, 0.25) is 0 Å². The van der Waals surface area contributed by atoms with Crippen LogP contribution in [0.5, 0.6) is 0 Å². The Morgan fingerprint density at radius 2 is 1.69 bits per heavy atom. The van der Waals surface area contributed by atoms with Crippen molar-refractivity contribution in [1.82, 2.24) is 5.32 Å². The monoisotopic (exact) mass is 223 g/mol. The van der Waals surface area contributed by atoms with Gasteiger partial charge in [0.25, 0.3) is 0 Å². The minimum atomic E-state index is 0.407. The average molecular weight is 223 g/mol. The van der Waals surface area contributed by atoms with Crippen molar-refractivity contribution in [3.63, 3.8) is 0 Å². The van der Waals surface area contributed by atoms with Gasteiger partial charge in [0, 0.05) is 11.1 Å². The van der Waals surface area contributed by atoms with E-state index < -0.39 is 0 Å². The van der Waals surface area contributed by atoms with Crippen LogP contribution in [0.3, 0.4) is 0 Å². The maximum atomic E-state index is 4.03. The Balaban J connectivity index is 2.05. The maximum Gasteiger partial charge on any atom is 0.0186 e. The first-order valence-corrected chi connectivity index (χ1v) is 7.37. The molecule has 0 spiro atoms. The van der Waals surface area contributed by atoms with Crippen molar-refractivity contribution >= 4 is 0 Å². The number of rotatable bonds is 2. The molecule has 1 aliphatic heterocycles. The van der Waals surface area contributed by atoms with Gasteiger partial charge in [0.05, 0.1) is 0 Å². The van der Waals surface area contributed by atoms with Crippen LogP contribution in [-0.4, -0.2) is 11.1 Å². The smallest absolute Gasteiger partial charge is 0.0186 e. The largest absolute Gasteiger partial charge is 0.306 e. The molecule has 1 nitrogen and oxygen atoms in total. The summed E-state index contributed by atoms with van der Waals surface area (Å²) in [5, 5.41) is 4.03. The van der Waals surface area contributed by atoms with Crippen molar-refractivity contribution in [2.75, 3.05) is 0 Å². The van der Waals surface area contributed by atoms with Crippen LogP contribution in [0.15, 0.2) is 0 Å². The van der Waals surface area contributed by atoms with Crippen LogP contribution in [0.1, 0.15) is 78.6 Å². The van der Waals surface area contributed by atoms with E-state index in [-0.39, 0.29) is 0 Å². The van der Waals surface area contributed by atoms with Crippen LogP contribution in [0, 0.1) is 5.92 Å². The van der Waals surface area contributed by atoms with E-state index in [2.05, 4.69) is 26.1 Å². The summed E-state index contributed by atoms with van der Waals surface area (Å²) >= 11 is 0. The van der Waals surface area contributed by atoms with E-state index in [0.717, 1.165) is 5.92 Å². The molecule has 1 N–H and O–H groups in total. The molecule has 0 bridgehead atoms. The standard InChI is InChI=1S/C15H29N/c1-4-14(2)11-8-12-15(3,16-14)13-9-6-5-7-10-13/h13,16H,4-12H2,1-3H3. The molecule has 2 rings (SSSR count). The minimum absolute atomic E-state index is 0.407. The molecule has 1 saturated heterocycles. The first-order valence-electron chi connectivity index (χ1n) is 7.37. The Kier molecular flexibility index (Phi) is 3.63. The Labute approximate surface area is 101 Å². The molecule has 1 aliphatic carbocycles. The highest BCUT2D eigenvalue weighted by Gasteiger charge is 2.42. The molecule has 1 heteroatoms. The molecule has 0 aromatic rings. The first-order chi connectivity index (χ1) is 7.58. The molecule has 0 aromatic heterocycles. The quantitative estimate of drug-likeness (QED) is 0.737. The highest BCUT2D eigenvalue weighted by molar-refractivity contribution is 5.01. The zero-order valence-corrected chi connectivity index (χ0v) is 11.4. The highest BCUT2D eigenvalue weighted by Crippen LogP contribution is 2.41. The molecule has 0 aromatic carbocycles. The number of nitrogens with one attached hydrogen (secondary N) is 1. The van der Waals surface area contributed by atoms with Gasteiger partial charge in [-0.2, -0.15) is 0 Å². The van der Waals surface area contributed by atoms with Crippen LogP contribution in [-0.2, 0) is 0 Å². The van der Waals surface area contributed by atoms with Crippen molar-refractivity contribution in [2.45, 2.75) is 89.6 Å². The summed E-state index contributed by atoms with van der Waals surface area (Å²) in [6, 6.07) is 0. The van der Waals surface area contributed by atoms with E-state index in [9.17, 15) is 0 Å². The van der Waals surface area contributed by atoms with Crippen molar-refractivity contribution in [2.24, 2.45) is 5.92 Å². The second kappa shape index (κ2) is 4.68. The van der Waals surface area contributed by atoms with Gasteiger partial charge in [0.15, 0.2) is 0 Å². The lowest BCUT2D eigenvalue weighted by Gasteiger charge is -2.51. The third kappa shape index (κ3) is 2.45. The third-order valence-electron chi connectivity index (χ3n) is 5.30. The Hall–Kier alpha value is -0.0400. The van der Waals surface area contributed by atoms with Crippen LogP contribution >= 0.6 is 0 Å². The van der Waals surface area contributed by atoms with Crippen molar-refractivity contribution < 1.29 is 0 Å². The summed E-state index contributed by atoms with van der Waals surface area (Å²) in [4.78, 5) is 0. The van der Waals surface area contributed by atoms with Crippen molar-refractivity contribution in [3.05, 3.63) is 0 Å². The van der Waals surface area contributed by atoms with Crippen LogP contribution in [0.25, 0.3) is 0 Å². The number of piperidine rings is 1. The topological polar surface area (TPSA) is 12.0 Å². The Morgan fingerprint density at radius 1 is 1.00 bits per heavy atom. The molecule has 2 unspecified atom stereocenters. The van der Waals surface area contributed by atoms with Gasteiger partial charge < -0.3 is 5.32 Å². The summed E-state index contributed by atoms with van der Waals surface area (Å²) in [6.45, 7) is 7.25. The van der Waals surface area contributed by atoms with E-state index in [1.54, 1.807) is 0 Å². The summed E-state index contributed by atoms with van der Waals surface area (Å²) in [7, 11) is 0. The lowest BCUT2D eigenvalue weighted by molar-refractivity contribution is 0.0766. The van der Waals surface area contributed by atoms with E-state index in [0.29, 0.717) is 11.1 Å². The molecule has 2 atom stereocenters. The Bertz CT molecular complexity index is 232. The molecule has 2 aliphatic rings. The third-order valence-corrected chi connectivity index (χ3v) is 5.30. The zero-order valence-electron chi connectivity index (χ0n) is 11.4. The van der Waals surface area contributed by atoms with Crippen molar-refractivity contribution in [1.29, 1.82) is 0 Å². The normalized spacial score (nSPS) is 42.2. The maximum absolute atomic E-state index is 4.03. The molecule has 0 amide bonds. The summed E-state index contributed by atoms with van der Waals surface area (Å²) in [6.07, 6.45) is 12.8. The van der Waals surface area contributed by atoms with Gasteiger partial charge in [-0.1, -0.05) is 26.2 Å². The fourth-order valence-corrected chi connectivity index (χ4v) is 3.97. The summed E-state index contributed by atoms with van der Waals surface area (Å²) in [5.41, 5.74) is 0.841. The predicted octanol–water partition coefficient (Wildman–Crippen LogP) is 4.27. The van der Waals surface area contributed by atoms with Gasteiger partial charge in [0.1, 0.15) is 0 Å². The van der Waals surface area contributed by atoms with Gasteiger partial charge in [-0.05, 0) is 58.3 Å². The zero-order chi connectivity index (χ0) is 11.6. The van der Waals surface area contributed by atoms with E-state index in [1.807, 2.05) is 0 Å².